The molecule has 1 heterocycles. The smallest absolute Gasteiger partial charge is 0.241 e. The number of rotatable bonds is 2. The Kier molecular flexibility index (Phi) is 3.40. The van der Waals surface area contributed by atoms with Gasteiger partial charge < -0.3 is 10.0 Å². The van der Waals surface area contributed by atoms with Crippen LogP contribution in [0.1, 0.15) is 12.5 Å². The summed E-state index contributed by atoms with van der Waals surface area (Å²) < 4.78 is 0. The fraction of sp³-hybridized carbons (Fsp3) is 0.462. The highest BCUT2D eigenvalue weighted by molar-refractivity contribution is 6.29. The maximum absolute atomic E-state index is 11.8. The number of fused-ring (bicyclic) bond motifs is 1. The molecule has 1 N–H and O–H groups in total. The van der Waals surface area contributed by atoms with Crippen LogP contribution in [0.3, 0.4) is 0 Å². The van der Waals surface area contributed by atoms with E-state index in [0.29, 0.717) is 6.54 Å². The molecule has 3 nitrogen and oxygen atoms in total. The van der Waals surface area contributed by atoms with Gasteiger partial charge in [-0.15, -0.1) is 11.6 Å². The first-order chi connectivity index (χ1) is 8.09. The van der Waals surface area contributed by atoms with Gasteiger partial charge >= 0.3 is 0 Å². The van der Waals surface area contributed by atoms with E-state index in [4.69, 9.17) is 11.6 Å². The number of nitrogens with zero attached hydrogens (tertiary/aromatic N) is 1. The summed E-state index contributed by atoms with van der Waals surface area (Å²) in [6, 6.07) is 7.79. The van der Waals surface area contributed by atoms with Crippen molar-refractivity contribution in [3.05, 3.63) is 29.8 Å². The zero-order valence-corrected chi connectivity index (χ0v) is 10.6. The van der Waals surface area contributed by atoms with Gasteiger partial charge in [0.05, 0.1) is 6.61 Å². The van der Waals surface area contributed by atoms with Crippen LogP contribution in [0, 0.1) is 5.41 Å². The van der Waals surface area contributed by atoms with Gasteiger partial charge in [-0.1, -0.05) is 25.1 Å². The number of alkyl halides is 1. The van der Waals surface area contributed by atoms with Crippen LogP contribution in [0.5, 0.6) is 0 Å². The summed E-state index contributed by atoms with van der Waals surface area (Å²) in [6.45, 7) is 2.57. The molecule has 0 spiro atoms. The van der Waals surface area contributed by atoms with Gasteiger partial charge in [-0.25, -0.2) is 0 Å². The van der Waals surface area contributed by atoms with Gasteiger partial charge in [0.2, 0.25) is 5.91 Å². The highest BCUT2D eigenvalue weighted by Crippen LogP contribution is 2.36. The molecule has 1 aromatic carbocycles. The molecule has 1 aliphatic rings. The average Bonchev–Trinajstić information content (AvgIpc) is 2.37. The predicted molar refractivity (Wildman–Crippen MR) is 68.4 cm³/mol. The summed E-state index contributed by atoms with van der Waals surface area (Å²) in [6.07, 6.45) is 0.783. The molecule has 2 rings (SSSR count). The molecule has 4 heteroatoms. The van der Waals surface area contributed by atoms with Crippen LogP contribution in [0.15, 0.2) is 24.3 Å². The molecular weight excluding hydrogens is 238 g/mol. The van der Waals surface area contributed by atoms with Gasteiger partial charge in [0.1, 0.15) is 5.88 Å². The SMILES string of the molecule is CC1(CO)Cc2ccccc2N(C(=O)CCl)C1. The molecule has 0 aliphatic carbocycles. The largest absolute Gasteiger partial charge is 0.396 e. The fourth-order valence-electron chi connectivity index (χ4n) is 2.31. The number of hydrogen-bond donors (Lipinski definition) is 1. The number of hydrogen-bond acceptors (Lipinski definition) is 2. The number of aliphatic hydroxyl groups is 1. The van der Waals surface area contributed by atoms with E-state index in [-0.39, 0.29) is 23.8 Å². The highest BCUT2D eigenvalue weighted by Gasteiger charge is 2.35. The third-order valence-corrected chi connectivity index (χ3v) is 3.47. The van der Waals surface area contributed by atoms with E-state index in [1.807, 2.05) is 31.2 Å². The van der Waals surface area contributed by atoms with Crippen molar-refractivity contribution in [2.45, 2.75) is 13.3 Å². The predicted octanol–water partition coefficient (Wildman–Crippen LogP) is 1.81. The summed E-state index contributed by atoms with van der Waals surface area (Å²) in [5, 5.41) is 9.48. The summed E-state index contributed by atoms with van der Waals surface area (Å²) in [4.78, 5) is 13.5. The van der Waals surface area contributed by atoms with Crippen LogP contribution in [-0.2, 0) is 11.2 Å². The summed E-state index contributed by atoms with van der Waals surface area (Å²) >= 11 is 5.63. The first-order valence-corrected chi connectivity index (χ1v) is 6.18. The van der Waals surface area contributed by atoms with Crippen molar-refractivity contribution in [3.63, 3.8) is 0 Å². The van der Waals surface area contributed by atoms with Gasteiger partial charge in [-0.3, -0.25) is 4.79 Å². The van der Waals surface area contributed by atoms with Crippen LogP contribution in [0.4, 0.5) is 5.69 Å². The van der Waals surface area contributed by atoms with Crippen molar-refractivity contribution in [2.24, 2.45) is 5.41 Å². The van der Waals surface area contributed by atoms with Crippen LogP contribution in [-0.4, -0.2) is 30.0 Å². The Bertz CT molecular complexity index is 435. The lowest BCUT2D eigenvalue weighted by Gasteiger charge is -2.40. The van der Waals surface area contributed by atoms with Crippen LogP contribution < -0.4 is 4.90 Å². The number of benzene rings is 1. The zero-order chi connectivity index (χ0) is 12.5. The molecule has 0 bridgehead atoms. The molecule has 1 aliphatic heterocycles. The maximum atomic E-state index is 11.8. The minimum absolute atomic E-state index is 0.0319. The average molecular weight is 254 g/mol. The maximum Gasteiger partial charge on any atom is 0.241 e. The second-order valence-electron chi connectivity index (χ2n) is 4.89. The van der Waals surface area contributed by atoms with Gasteiger partial charge in [0.25, 0.3) is 0 Å². The molecular formula is C13H16ClNO2. The van der Waals surface area contributed by atoms with E-state index in [0.717, 1.165) is 17.7 Å². The minimum Gasteiger partial charge on any atom is -0.396 e. The number of anilines is 1. The first-order valence-electron chi connectivity index (χ1n) is 5.65. The molecule has 1 amide bonds. The van der Waals surface area contributed by atoms with Crippen LogP contribution >= 0.6 is 11.6 Å². The number of carbonyl (C=O) groups excluding carboxylic acids is 1. The lowest BCUT2D eigenvalue weighted by molar-refractivity contribution is -0.116. The Balaban J connectivity index is 2.42. The molecule has 1 unspecified atom stereocenters. The zero-order valence-electron chi connectivity index (χ0n) is 9.82. The third-order valence-electron chi connectivity index (χ3n) is 3.24. The molecule has 17 heavy (non-hydrogen) atoms. The highest BCUT2D eigenvalue weighted by atomic mass is 35.5. The lowest BCUT2D eigenvalue weighted by atomic mass is 9.80. The summed E-state index contributed by atoms with van der Waals surface area (Å²) in [5.74, 6) is -0.144. The number of amides is 1. The topological polar surface area (TPSA) is 40.5 Å². The Hall–Kier alpha value is -1.06. The molecule has 1 atom stereocenters. The molecule has 0 saturated heterocycles. The van der Waals surface area contributed by atoms with Crippen molar-refractivity contribution in [3.8, 4) is 0 Å². The number of carbonyl (C=O) groups is 1. The van der Waals surface area contributed by atoms with E-state index < -0.39 is 0 Å². The van der Waals surface area contributed by atoms with Crippen molar-refractivity contribution < 1.29 is 9.90 Å². The normalized spacial score (nSPS) is 23.4. The van der Waals surface area contributed by atoms with Crippen molar-refractivity contribution >= 4 is 23.2 Å². The van der Waals surface area contributed by atoms with E-state index >= 15 is 0 Å². The van der Waals surface area contributed by atoms with Crippen molar-refractivity contribution in [2.75, 3.05) is 23.9 Å². The Morgan fingerprint density at radius 3 is 2.88 bits per heavy atom. The molecule has 0 aromatic heterocycles. The van der Waals surface area contributed by atoms with E-state index in [9.17, 15) is 9.90 Å². The second kappa shape index (κ2) is 4.67. The second-order valence-corrected chi connectivity index (χ2v) is 5.16. The molecule has 92 valence electrons. The standard InChI is InChI=1S/C13H16ClNO2/c1-13(9-16)6-10-4-2-3-5-11(10)15(8-13)12(17)7-14/h2-5,16H,6-9H2,1H3. The monoisotopic (exact) mass is 253 g/mol. The number of halogens is 1. The number of aliphatic hydroxyl groups excluding tert-OH is 1. The molecule has 1 aromatic rings. The van der Waals surface area contributed by atoms with E-state index in [2.05, 4.69) is 0 Å². The fourth-order valence-corrected chi connectivity index (χ4v) is 2.45. The summed E-state index contributed by atoms with van der Waals surface area (Å²) in [5.41, 5.74) is 1.73. The van der Waals surface area contributed by atoms with Gasteiger partial charge in [-0.2, -0.15) is 0 Å². The molecule has 0 saturated carbocycles. The summed E-state index contributed by atoms with van der Waals surface area (Å²) in [7, 11) is 0. The van der Waals surface area contributed by atoms with E-state index in [1.165, 1.54) is 0 Å². The quantitative estimate of drug-likeness (QED) is 0.817. The van der Waals surface area contributed by atoms with Crippen LogP contribution in [0.25, 0.3) is 0 Å². The van der Waals surface area contributed by atoms with Crippen LogP contribution in [0.2, 0.25) is 0 Å². The van der Waals surface area contributed by atoms with E-state index in [1.54, 1.807) is 4.90 Å². The van der Waals surface area contributed by atoms with Gasteiger partial charge in [0.15, 0.2) is 0 Å². The van der Waals surface area contributed by atoms with Crippen molar-refractivity contribution in [1.82, 2.24) is 0 Å². The third kappa shape index (κ3) is 2.31. The molecule has 0 fully saturated rings. The molecule has 0 radical (unpaired) electrons. The Morgan fingerprint density at radius 1 is 1.53 bits per heavy atom. The Labute approximate surface area is 106 Å². The minimum atomic E-state index is -0.282. The Morgan fingerprint density at radius 2 is 2.24 bits per heavy atom. The van der Waals surface area contributed by atoms with Gasteiger partial charge in [-0.05, 0) is 18.1 Å². The number of para-hydroxylation sites is 1. The lowest BCUT2D eigenvalue weighted by Crippen LogP contribution is -2.47. The van der Waals surface area contributed by atoms with Gasteiger partial charge in [0, 0.05) is 17.6 Å². The van der Waals surface area contributed by atoms with Crippen molar-refractivity contribution in [1.29, 1.82) is 0 Å². The first kappa shape index (κ1) is 12.4.